The van der Waals surface area contributed by atoms with E-state index in [9.17, 15) is 4.79 Å². The molecule has 1 amide bonds. The zero-order valence-electron chi connectivity index (χ0n) is 15.9. The molecule has 144 valence electrons. The summed E-state index contributed by atoms with van der Waals surface area (Å²) in [5.74, 6) is 0.756. The van der Waals surface area contributed by atoms with E-state index >= 15 is 0 Å². The van der Waals surface area contributed by atoms with Crippen LogP contribution in [0.25, 0.3) is 0 Å². The number of nitrogens with one attached hydrogen (secondary N) is 3. The third-order valence-electron chi connectivity index (χ3n) is 2.60. The van der Waals surface area contributed by atoms with Gasteiger partial charge in [-0.05, 0) is 47.5 Å². The molecule has 0 rings (SSSR count). The second-order valence-corrected chi connectivity index (χ2v) is 6.48. The number of guanidine groups is 1. The predicted octanol–water partition coefficient (Wildman–Crippen LogP) is 2.50. The molecule has 0 heterocycles. The number of carbonyl (C=O) groups is 1. The fraction of sp³-hybridized carbons (Fsp3) is 0.875. The van der Waals surface area contributed by atoms with Crippen LogP contribution in [0.1, 0.15) is 47.5 Å². The Morgan fingerprint density at radius 1 is 1.04 bits per heavy atom. The number of halogens is 1. The molecule has 0 aromatic carbocycles. The van der Waals surface area contributed by atoms with Gasteiger partial charge in [0.15, 0.2) is 5.96 Å². The Kier molecular flexibility index (Phi) is 15.5. The molecule has 0 atom stereocenters. The molecule has 0 aliphatic rings. The van der Waals surface area contributed by atoms with Gasteiger partial charge in [0.2, 0.25) is 0 Å². The summed E-state index contributed by atoms with van der Waals surface area (Å²) in [5.41, 5.74) is -0.465. The van der Waals surface area contributed by atoms with Gasteiger partial charge in [0.1, 0.15) is 5.60 Å². The molecular formula is C16H35IN4O3. The van der Waals surface area contributed by atoms with Crippen molar-refractivity contribution in [2.24, 2.45) is 4.99 Å². The zero-order chi connectivity index (χ0) is 17.7. The van der Waals surface area contributed by atoms with Gasteiger partial charge in [0, 0.05) is 33.3 Å². The van der Waals surface area contributed by atoms with Crippen LogP contribution >= 0.6 is 24.0 Å². The van der Waals surface area contributed by atoms with Gasteiger partial charge in [-0.15, -0.1) is 24.0 Å². The second kappa shape index (κ2) is 14.6. The average molecular weight is 458 g/mol. The highest BCUT2D eigenvalue weighted by Gasteiger charge is 2.15. The van der Waals surface area contributed by atoms with Crippen molar-refractivity contribution in [1.29, 1.82) is 0 Å². The summed E-state index contributed by atoms with van der Waals surface area (Å²) in [6.07, 6.45) is 1.60. The summed E-state index contributed by atoms with van der Waals surface area (Å²) >= 11 is 0. The van der Waals surface area contributed by atoms with Crippen molar-refractivity contribution in [3.05, 3.63) is 0 Å². The SMILES string of the molecule is CN=C(NCCCNC(=O)OC(C)(C)C)NCCCOC(C)C.I. The highest BCUT2D eigenvalue weighted by atomic mass is 127. The lowest BCUT2D eigenvalue weighted by atomic mass is 10.2. The summed E-state index contributed by atoms with van der Waals surface area (Å²) in [6, 6.07) is 0. The van der Waals surface area contributed by atoms with E-state index in [0.717, 1.165) is 38.5 Å². The monoisotopic (exact) mass is 458 g/mol. The molecule has 0 aliphatic heterocycles. The molecule has 3 N–H and O–H groups in total. The van der Waals surface area contributed by atoms with Crippen LogP contribution in [0.4, 0.5) is 4.79 Å². The maximum atomic E-state index is 11.5. The fourth-order valence-corrected chi connectivity index (χ4v) is 1.62. The summed E-state index contributed by atoms with van der Waals surface area (Å²) < 4.78 is 10.6. The third kappa shape index (κ3) is 17.6. The first-order valence-electron chi connectivity index (χ1n) is 8.27. The quantitative estimate of drug-likeness (QED) is 0.214. The molecule has 0 aliphatic carbocycles. The van der Waals surface area contributed by atoms with Crippen LogP contribution < -0.4 is 16.0 Å². The Bertz CT molecular complexity index is 358. The Morgan fingerprint density at radius 3 is 2.08 bits per heavy atom. The minimum absolute atomic E-state index is 0. The van der Waals surface area contributed by atoms with E-state index in [2.05, 4.69) is 20.9 Å². The number of carbonyl (C=O) groups excluding carboxylic acids is 1. The van der Waals surface area contributed by atoms with E-state index in [1.165, 1.54) is 0 Å². The topological polar surface area (TPSA) is 84.0 Å². The average Bonchev–Trinajstić information content (AvgIpc) is 2.42. The summed E-state index contributed by atoms with van der Waals surface area (Å²) in [4.78, 5) is 15.6. The minimum Gasteiger partial charge on any atom is -0.444 e. The largest absolute Gasteiger partial charge is 0.444 e. The Balaban J connectivity index is 0. The highest BCUT2D eigenvalue weighted by molar-refractivity contribution is 14.0. The molecule has 0 radical (unpaired) electrons. The molecule has 8 heteroatoms. The molecule has 0 bridgehead atoms. The van der Waals surface area contributed by atoms with Gasteiger partial charge in [0.25, 0.3) is 0 Å². The lowest BCUT2D eigenvalue weighted by Gasteiger charge is -2.19. The van der Waals surface area contributed by atoms with Crippen LogP contribution in [0.5, 0.6) is 0 Å². The zero-order valence-corrected chi connectivity index (χ0v) is 18.2. The van der Waals surface area contributed by atoms with Crippen LogP contribution in [-0.4, -0.2) is 57.0 Å². The van der Waals surface area contributed by atoms with Crippen LogP contribution in [-0.2, 0) is 9.47 Å². The third-order valence-corrected chi connectivity index (χ3v) is 2.60. The van der Waals surface area contributed by atoms with Gasteiger partial charge in [0.05, 0.1) is 6.10 Å². The maximum absolute atomic E-state index is 11.5. The van der Waals surface area contributed by atoms with E-state index in [1.807, 2.05) is 34.6 Å². The Morgan fingerprint density at radius 2 is 1.58 bits per heavy atom. The molecule has 0 fully saturated rings. The lowest BCUT2D eigenvalue weighted by Crippen LogP contribution is -2.39. The van der Waals surface area contributed by atoms with Crippen LogP contribution in [0.3, 0.4) is 0 Å². The number of hydrogen-bond acceptors (Lipinski definition) is 4. The van der Waals surface area contributed by atoms with Crippen molar-refractivity contribution in [2.45, 2.75) is 59.2 Å². The van der Waals surface area contributed by atoms with Crippen molar-refractivity contribution < 1.29 is 14.3 Å². The standard InChI is InChI=1S/C16H34N4O3.HI/c1-13(2)22-12-8-11-19-14(17-6)18-9-7-10-20-15(21)23-16(3,4)5;/h13H,7-12H2,1-6H3,(H,20,21)(H2,17,18,19);1H. The summed E-state index contributed by atoms with van der Waals surface area (Å²) in [6.45, 7) is 12.4. The number of alkyl carbamates (subject to hydrolysis) is 1. The maximum Gasteiger partial charge on any atom is 0.407 e. The molecule has 0 saturated carbocycles. The lowest BCUT2D eigenvalue weighted by molar-refractivity contribution is 0.0527. The normalized spacial score (nSPS) is 11.7. The van der Waals surface area contributed by atoms with Gasteiger partial charge < -0.3 is 25.4 Å². The Labute approximate surface area is 163 Å². The summed E-state index contributed by atoms with van der Waals surface area (Å²) in [7, 11) is 1.74. The van der Waals surface area contributed by atoms with Crippen LogP contribution in [0.15, 0.2) is 4.99 Å². The first kappa shape index (κ1) is 25.5. The van der Waals surface area contributed by atoms with Crippen LogP contribution in [0.2, 0.25) is 0 Å². The van der Waals surface area contributed by atoms with Crippen molar-refractivity contribution in [3.63, 3.8) is 0 Å². The number of ether oxygens (including phenoxy) is 2. The first-order valence-corrected chi connectivity index (χ1v) is 8.27. The number of nitrogens with zero attached hydrogens (tertiary/aromatic N) is 1. The van der Waals surface area contributed by atoms with Crippen LogP contribution in [0, 0.1) is 0 Å². The van der Waals surface area contributed by atoms with E-state index < -0.39 is 5.60 Å². The minimum atomic E-state index is -0.465. The van der Waals surface area contributed by atoms with E-state index in [4.69, 9.17) is 9.47 Å². The molecular weight excluding hydrogens is 423 g/mol. The van der Waals surface area contributed by atoms with Gasteiger partial charge >= 0.3 is 6.09 Å². The molecule has 0 spiro atoms. The number of aliphatic imine (C=N–C) groups is 1. The van der Waals surface area contributed by atoms with Crippen molar-refractivity contribution in [1.82, 2.24) is 16.0 Å². The van der Waals surface area contributed by atoms with Gasteiger partial charge in [-0.25, -0.2) is 4.79 Å². The number of rotatable bonds is 9. The van der Waals surface area contributed by atoms with Gasteiger partial charge in [-0.1, -0.05) is 0 Å². The molecule has 0 saturated heterocycles. The van der Waals surface area contributed by atoms with Crippen molar-refractivity contribution >= 4 is 36.0 Å². The smallest absolute Gasteiger partial charge is 0.407 e. The summed E-state index contributed by atoms with van der Waals surface area (Å²) in [5, 5.41) is 9.14. The van der Waals surface area contributed by atoms with E-state index in [1.54, 1.807) is 7.05 Å². The van der Waals surface area contributed by atoms with E-state index in [-0.39, 0.29) is 36.2 Å². The predicted molar refractivity (Wildman–Crippen MR) is 109 cm³/mol. The first-order chi connectivity index (χ1) is 10.7. The molecule has 24 heavy (non-hydrogen) atoms. The van der Waals surface area contributed by atoms with Crippen molar-refractivity contribution in [2.75, 3.05) is 33.3 Å². The fourth-order valence-electron chi connectivity index (χ4n) is 1.62. The number of hydrogen-bond donors (Lipinski definition) is 3. The number of amides is 1. The molecule has 0 aromatic rings. The molecule has 0 unspecified atom stereocenters. The molecule has 7 nitrogen and oxygen atoms in total. The molecule has 0 aromatic heterocycles. The van der Waals surface area contributed by atoms with E-state index in [0.29, 0.717) is 6.54 Å². The van der Waals surface area contributed by atoms with Gasteiger partial charge in [-0.3, -0.25) is 4.99 Å². The Hall–Kier alpha value is -0.770. The highest BCUT2D eigenvalue weighted by Crippen LogP contribution is 2.06. The second-order valence-electron chi connectivity index (χ2n) is 6.48. The van der Waals surface area contributed by atoms with Gasteiger partial charge in [-0.2, -0.15) is 0 Å². The van der Waals surface area contributed by atoms with Crippen molar-refractivity contribution in [3.8, 4) is 0 Å².